The smallest absolute Gasteiger partial charge is 0.243 e. The number of halogens is 5. The first kappa shape index (κ1) is 14.8. The second-order valence-electron chi connectivity index (χ2n) is 4.27. The van der Waals surface area contributed by atoms with Gasteiger partial charge >= 0.3 is 12.1 Å². The van der Waals surface area contributed by atoms with E-state index in [-0.39, 0.29) is 12.2 Å². The quantitative estimate of drug-likeness (QED) is 0.785. The molecule has 1 heterocycles. The first-order valence-electron chi connectivity index (χ1n) is 5.51. The average Bonchev–Trinajstić information content (AvgIpc) is 2.60. The van der Waals surface area contributed by atoms with Crippen molar-refractivity contribution < 1.29 is 22.0 Å². The van der Waals surface area contributed by atoms with Crippen LogP contribution in [0.25, 0.3) is 0 Å². The summed E-state index contributed by atoms with van der Waals surface area (Å²) in [6.45, 7) is 4.62. The summed E-state index contributed by atoms with van der Waals surface area (Å²) >= 11 is 0. The van der Waals surface area contributed by atoms with E-state index in [1.165, 1.54) is 13.8 Å². The highest BCUT2D eigenvalue weighted by Crippen LogP contribution is 2.45. The molecule has 0 bridgehead atoms. The maximum absolute atomic E-state index is 13.5. The summed E-state index contributed by atoms with van der Waals surface area (Å²) in [5.74, 6) is -5.50. The predicted molar refractivity (Wildman–Crippen MR) is 54.4 cm³/mol. The lowest BCUT2D eigenvalue weighted by atomic mass is 10.0. The van der Waals surface area contributed by atoms with Crippen molar-refractivity contribution in [3.8, 4) is 0 Å². The zero-order valence-corrected chi connectivity index (χ0v) is 10.2. The van der Waals surface area contributed by atoms with Gasteiger partial charge in [-0.2, -0.15) is 22.0 Å². The minimum absolute atomic E-state index is 0.0271. The van der Waals surface area contributed by atoms with Gasteiger partial charge in [0.25, 0.3) is 0 Å². The average molecular weight is 271 g/mol. The van der Waals surface area contributed by atoms with E-state index in [0.29, 0.717) is 11.1 Å². The summed E-state index contributed by atoms with van der Waals surface area (Å²) in [5.41, 5.74) is -1.46. The summed E-state index contributed by atoms with van der Waals surface area (Å²) in [6, 6.07) is 0. The Hall–Kier alpha value is -1.21. The number of aryl methyl sites for hydroxylation is 1. The molecule has 0 unspecified atom stereocenters. The highest BCUT2D eigenvalue weighted by Gasteiger charge is 2.62. The fourth-order valence-corrected chi connectivity index (χ4v) is 1.54. The monoisotopic (exact) mass is 271 g/mol. The molecule has 3 nitrogen and oxygen atoms in total. The summed E-state index contributed by atoms with van der Waals surface area (Å²) in [5, 5.41) is 6.84. The van der Waals surface area contributed by atoms with Crippen LogP contribution in [0.5, 0.6) is 0 Å². The number of hydrogen-bond donors (Lipinski definition) is 0. The molecule has 0 aliphatic carbocycles. The molecule has 0 saturated heterocycles. The van der Waals surface area contributed by atoms with E-state index in [2.05, 4.69) is 10.3 Å². The van der Waals surface area contributed by atoms with Crippen molar-refractivity contribution in [1.82, 2.24) is 15.0 Å². The van der Waals surface area contributed by atoms with Crippen molar-refractivity contribution in [1.29, 1.82) is 0 Å². The Morgan fingerprint density at radius 2 is 1.72 bits per heavy atom. The van der Waals surface area contributed by atoms with Gasteiger partial charge in [0.05, 0.1) is 5.69 Å². The molecule has 0 N–H and O–H groups in total. The Morgan fingerprint density at radius 1 is 1.17 bits per heavy atom. The second kappa shape index (κ2) is 4.81. The lowest BCUT2D eigenvalue weighted by Crippen LogP contribution is -2.37. The van der Waals surface area contributed by atoms with Gasteiger partial charge in [-0.05, 0) is 12.3 Å². The Bertz CT molecular complexity index is 408. The highest BCUT2D eigenvalue weighted by atomic mass is 19.4. The SMILES string of the molecule is CCCn1nnc(C(C)C)c1C(F)(F)C(F)(F)F. The van der Waals surface area contributed by atoms with Crippen molar-refractivity contribution in [2.24, 2.45) is 0 Å². The van der Waals surface area contributed by atoms with Crippen molar-refractivity contribution in [3.63, 3.8) is 0 Å². The molecular weight excluding hydrogens is 257 g/mol. The minimum atomic E-state index is -5.65. The van der Waals surface area contributed by atoms with Gasteiger partial charge in [-0.15, -0.1) is 5.10 Å². The fourth-order valence-electron chi connectivity index (χ4n) is 1.54. The highest BCUT2D eigenvalue weighted by molar-refractivity contribution is 5.21. The van der Waals surface area contributed by atoms with Crippen molar-refractivity contribution in [2.45, 2.75) is 51.8 Å². The molecule has 0 fully saturated rings. The minimum Gasteiger partial charge on any atom is -0.243 e. The van der Waals surface area contributed by atoms with E-state index in [0.717, 1.165) is 0 Å². The van der Waals surface area contributed by atoms with Crippen molar-refractivity contribution >= 4 is 0 Å². The van der Waals surface area contributed by atoms with Gasteiger partial charge in [0.2, 0.25) is 0 Å². The number of rotatable bonds is 4. The fraction of sp³-hybridized carbons (Fsp3) is 0.800. The van der Waals surface area contributed by atoms with Crippen LogP contribution in [0.1, 0.15) is 44.5 Å². The van der Waals surface area contributed by atoms with Crippen LogP contribution < -0.4 is 0 Å². The van der Waals surface area contributed by atoms with Gasteiger partial charge in [-0.1, -0.05) is 26.0 Å². The molecule has 8 heteroatoms. The van der Waals surface area contributed by atoms with E-state index >= 15 is 0 Å². The van der Waals surface area contributed by atoms with Gasteiger partial charge in [-0.25, -0.2) is 4.68 Å². The van der Waals surface area contributed by atoms with Crippen LogP contribution in [0, 0.1) is 0 Å². The number of alkyl halides is 5. The summed E-state index contributed by atoms with van der Waals surface area (Å²) in [7, 11) is 0. The van der Waals surface area contributed by atoms with Crippen LogP contribution in [-0.2, 0) is 12.5 Å². The molecule has 0 spiro atoms. The first-order chi connectivity index (χ1) is 8.13. The normalized spacial score (nSPS) is 13.4. The van der Waals surface area contributed by atoms with Crippen molar-refractivity contribution in [2.75, 3.05) is 0 Å². The van der Waals surface area contributed by atoms with Crippen LogP contribution >= 0.6 is 0 Å². The van der Waals surface area contributed by atoms with Crippen LogP contribution in [0.2, 0.25) is 0 Å². The third-order valence-electron chi connectivity index (χ3n) is 2.40. The molecule has 1 aromatic heterocycles. The second-order valence-corrected chi connectivity index (χ2v) is 4.27. The van der Waals surface area contributed by atoms with Crippen LogP contribution in [0.3, 0.4) is 0 Å². The molecule has 0 radical (unpaired) electrons. The zero-order chi connectivity index (χ0) is 14.1. The predicted octanol–water partition coefficient (Wildman–Crippen LogP) is 3.47. The number of hydrogen-bond acceptors (Lipinski definition) is 2. The van der Waals surface area contributed by atoms with Crippen LogP contribution in [0.4, 0.5) is 22.0 Å². The van der Waals surface area contributed by atoms with Crippen LogP contribution in [-0.4, -0.2) is 21.2 Å². The lowest BCUT2D eigenvalue weighted by molar-refractivity contribution is -0.292. The van der Waals surface area contributed by atoms with Gasteiger partial charge in [0.15, 0.2) is 0 Å². The largest absolute Gasteiger partial charge is 0.459 e. The lowest BCUT2D eigenvalue weighted by Gasteiger charge is -2.21. The summed E-state index contributed by atoms with van der Waals surface area (Å²) in [6.07, 6.45) is -5.26. The van der Waals surface area contributed by atoms with E-state index in [4.69, 9.17) is 0 Å². The summed E-state index contributed by atoms with van der Waals surface area (Å²) < 4.78 is 64.9. The topological polar surface area (TPSA) is 30.7 Å². The molecule has 0 aliphatic rings. The van der Waals surface area contributed by atoms with E-state index in [1.807, 2.05) is 0 Å². The third-order valence-corrected chi connectivity index (χ3v) is 2.40. The third kappa shape index (κ3) is 2.46. The van der Waals surface area contributed by atoms with Gasteiger partial charge in [0.1, 0.15) is 5.69 Å². The Balaban J connectivity index is 3.39. The van der Waals surface area contributed by atoms with E-state index in [9.17, 15) is 22.0 Å². The zero-order valence-electron chi connectivity index (χ0n) is 10.2. The Kier molecular flexibility index (Phi) is 3.97. The molecule has 0 saturated carbocycles. The maximum Gasteiger partial charge on any atom is 0.459 e. The summed E-state index contributed by atoms with van der Waals surface area (Å²) in [4.78, 5) is 0. The number of aromatic nitrogens is 3. The molecule has 1 aromatic rings. The molecule has 0 aromatic carbocycles. The maximum atomic E-state index is 13.5. The van der Waals surface area contributed by atoms with Crippen LogP contribution in [0.15, 0.2) is 0 Å². The Morgan fingerprint density at radius 3 is 2.11 bits per heavy atom. The Labute approximate surface area is 101 Å². The van der Waals surface area contributed by atoms with E-state index in [1.54, 1.807) is 6.92 Å². The number of nitrogens with zero attached hydrogens (tertiary/aromatic N) is 3. The molecule has 0 aliphatic heterocycles. The van der Waals surface area contributed by atoms with Gasteiger partial charge < -0.3 is 0 Å². The standard InChI is InChI=1S/C10H14F5N3/c1-4-5-18-8(7(6(2)3)16-17-18)9(11,12)10(13,14)15/h6H,4-5H2,1-3H3. The molecular formula is C10H14F5N3. The molecule has 0 atom stereocenters. The molecule has 18 heavy (non-hydrogen) atoms. The van der Waals surface area contributed by atoms with Crippen molar-refractivity contribution in [3.05, 3.63) is 11.4 Å². The molecule has 1 rings (SSSR count). The first-order valence-corrected chi connectivity index (χ1v) is 5.51. The van der Waals surface area contributed by atoms with Gasteiger partial charge in [0, 0.05) is 6.54 Å². The molecule has 104 valence electrons. The van der Waals surface area contributed by atoms with Gasteiger partial charge in [-0.3, -0.25) is 0 Å². The molecule has 0 amide bonds. The van der Waals surface area contributed by atoms with E-state index < -0.39 is 23.7 Å².